The van der Waals surface area contributed by atoms with Gasteiger partial charge in [0.1, 0.15) is 0 Å². The van der Waals surface area contributed by atoms with Gasteiger partial charge < -0.3 is 14.6 Å². The van der Waals surface area contributed by atoms with Crippen LogP contribution in [0.15, 0.2) is 21.2 Å². The quantitative estimate of drug-likeness (QED) is 0.923. The highest BCUT2D eigenvalue weighted by Gasteiger charge is 2.21. The molecule has 104 valence electrons. The standard InChI is InChI=1S/C13H17BrN2O3/c1-9(17)16-6-4-10(5-7-16)8-15-13(18)11-2-3-12(14)19-11/h2-3,10H,4-8H2,1H3,(H,15,18). The predicted molar refractivity (Wildman–Crippen MR) is 73.7 cm³/mol. The number of halogens is 1. The van der Waals surface area contributed by atoms with Gasteiger partial charge in [0.25, 0.3) is 5.91 Å². The zero-order valence-electron chi connectivity index (χ0n) is 10.8. The molecular formula is C13H17BrN2O3. The van der Waals surface area contributed by atoms with Gasteiger partial charge in [-0.05, 0) is 46.8 Å². The number of carbonyl (C=O) groups is 2. The Kier molecular flexibility index (Phi) is 4.63. The van der Waals surface area contributed by atoms with E-state index in [1.165, 1.54) is 0 Å². The third kappa shape index (κ3) is 3.83. The minimum atomic E-state index is -0.195. The Morgan fingerprint density at radius 2 is 2.11 bits per heavy atom. The van der Waals surface area contributed by atoms with E-state index in [1.807, 2.05) is 4.90 Å². The second-order valence-corrected chi connectivity index (χ2v) is 5.54. The van der Waals surface area contributed by atoms with E-state index in [0.29, 0.717) is 22.9 Å². The molecule has 1 saturated heterocycles. The van der Waals surface area contributed by atoms with Gasteiger partial charge in [0, 0.05) is 26.6 Å². The fourth-order valence-electron chi connectivity index (χ4n) is 2.21. The van der Waals surface area contributed by atoms with Crippen molar-refractivity contribution in [2.24, 2.45) is 5.92 Å². The van der Waals surface area contributed by atoms with Crippen molar-refractivity contribution in [3.63, 3.8) is 0 Å². The van der Waals surface area contributed by atoms with Crippen LogP contribution in [0, 0.1) is 5.92 Å². The number of furan rings is 1. The molecule has 0 aromatic carbocycles. The molecule has 0 unspecified atom stereocenters. The molecule has 1 aliphatic heterocycles. The molecule has 2 heterocycles. The summed E-state index contributed by atoms with van der Waals surface area (Å²) >= 11 is 3.16. The van der Waals surface area contributed by atoms with Crippen LogP contribution in [0.2, 0.25) is 0 Å². The van der Waals surface area contributed by atoms with Crippen molar-refractivity contribution in [3.05, 3.63) is 22.6 Å². The first-order valence-corrected chi connectivity index (χ1v) is 7.14. The molecule has 1 aromatic heterocycles. The third-order valence-electron chi connectivity index (χ3n) is 3.41. The average Bonchev–Trinajstić information content (AvgIpc) is 2.83. The van der Waals surface area contributed by atoms with Crippen LogP contribution in [0.25, 0.3) is 0 Å². The lowest BCUT2D eigenvalue weighted by molar-refractivity contribution is -0.130. The average molecular weight is 329 g/mol. The molecule has 0 saturated carbocycles. The number of likely N-dealkylation sites (tertiary alicyclic amines) is 1. The Hall–Kier alpha value is -1.30. The number of nitrogens with one attached hydrogen (secondary N) is 1. The van der Waals surface area contributed by atoms with Gasteiger partial charge in [0.15, 0.2) is 10.4 Å². The van der Waals surface area contributed by atoms with Crippen LogP contribution < -0.4 is 5.32 Å². The summed E-state index contributed by atoms with van der Waals surface area (Å²) in [6.07, 6.45) is 1.86. The molecule has 2 rings (SSSR count). The summed E-state index contributed by atoms with van der Waals surface area (Å²) < 4.78 is 5.73. The smallest absolute Gasteiger partial charge is 0.287 e. The molecule has 1 N–H and O–H groups in total. The number of nitrogens with zero attached hydrogens (tertiary/aromatic N) is 1. The molecule has 1 fully saturated rings. The van der Waals surface area contributed by atoms with E-state index in [1.54, 1.807) is 19.1 Å². The van der Waals surface area contributed by atoms with E-state index in [0.717, 1.165) is 25.9 Å². The summed E-state index contributed by atoms with van der Waals surface area (Å²) in [5, 5.41) is 2.87. The number of hydrogen-bond acceptors (Lipinski definition) is 3. The number of rotatable bonds is 3. The summed E-state index contributed by atoms with van der Waals surface area (Å²) in [5.74, 6) is 0.675. The van der Waals surface area contributed by atoms with Crippen molar-refractivity contribution in [3.8, 4) is 0 Å². The molecule has 6 heteroatoms. The van der Waals surface area contributed by atoms with Gasteiger partial charge in [-0.15, -0.1) is 0 Å². The first kappa shape index (κ1) is 14.1. The minimum absolute atomic E-state index is 0.128. The maximum atomic E-state index is 11.8. The SMILES string of the molecule is CC(=O)N1CCC(CNC(=O)c2ccc(Br)o2)CC1. The first-order chi connectivity index (χ1) is 9.06. The largest absolute Gasteiger partial charge is 0.444 e. The van der Waals surface area contributed by atoms with E-state index < -0.39 is 0 Å². The van der Waals surface area contributed by atoms with Crippen molar-refractivity contribution in [1.29, 1.82) is 0 Å². The molecule has 0 radical (unpaired) electrons. The Morgan fingerprint density at radius 1 is 1.42 bits per heavy atom. The molecule has 1 aromatic rings. The number of carbonyl (C=O) groups excluding carboxylic acids is 2. The van der Waals surface area contributed by atoms with E-state index in [9.17, 15) is 9.59 Å². The Balaban J connectivity index is 1.75. The summed E-state index contributed by atoms with van der Waals surface area (Å²) in [5.41, 5.74) is 0. The Labute approximate surface area is 120 Å². The lowest BCUT2D eigenvalue weighted by Gasteiger charge is -2.31. The minimum Gasteiger partial charge on any atom is -0.444 e. The highest BCUT2D eigenvalue weighted by atomic mass is 79.9. The summed E-state index contributed by atoms with van der Waals surface area (Å²) in [7, 11) is 0. The molecule has 5 nitrogen and oxygen atoms in total. The number of piperidine rings is 1. The summed E-state index contributed by atoms with van der Waals surface area (Å²) in [4.78, 5) is 24.8. The Bertz CT molecular complexity index is 464. The van der Waals surface area contributed by atoms with Crippen LogP contribution in [0.3, 0.4) is 0 Å². The second-order valence-electron chi connectivity index (χ2n) is 4.76. The predicted octanol–water partition coefficient (Wildman–Crippen LogP) is 2.03. The van der Waals surface area contributed by atoms with Crippen LogP contribution in [0.1, 0.15) is 30.3 Å². The highest BCUT2D eigenvalue weighted by Crippen LogP contribution is 2.17. The van der Waals surface area contributed by atoms with Gasteiger partial charge in [-0.2, -0.15) is 0 Å². The summed E-state index contributed by atoms with van der Waals surface area (Å²) in [6, 6.07) is 3.33. The fraction of sp³-hybridized carbons (Fsp3) is 0.538. The van der Waals surface area contributed by atoms with E-state index >= 15 is 0 Å². The maximum Gasteiger partial charge on any atom is 0.287 e. The maximum absolute atomic E-state index is 11.8. The van der Waals surface area contributed by atoms with Crippen molar-refractivity contribution >= 4 is 27.7 Å². The van der Waals surface area contributed by atoms with Crippen LogP contribution in [-0.2, 0) is 4.79 Å². The van der Waals surface area contributed by atoms with Crippen molar-refractivity contribution in [2.75, 3.05) is 19.6 Å². The highest BCUT2D eigenvalue weighted by molar-refractivity contribution is 9.10. The third-order valence-corrected chi connectivity index (χ3v) is 3.83. The molecule has 0 spiro atoms. The lowest BCUT2D eigenvalue weighted by Crippen LogP contribution is -2.40. The number of hydrogen-bond donors (Lipinski definition) is 1. The van der Waals surface area contributed by atoms with Crippen molar-refractivity contribution < 1.29 is 14.0 Å². The van der Waals surface area contributed by atoms with Crippen molar-refractivity contribution in [2.45, 2.75) is 19.8 Å². The van der Waals surface area contributed by atoms with Gasteiger partial charge in [-0.3, -0.25) is 9.59 Å². The zero-order valence-corrected chi connectivity index (χ0v) is 12.4. The van der Waals surface area contributed by atoms with E-state index in [4.69, 9.17) is 4.42 Å². The molecular weight excluding hydrogens is 312 g/mol. The van der Waals surface area contributed by atoms with Gasteiger partial charge in [-0.25, -0.2) is 0 Å². The van der Waals surface area contributed by atoms with Crippen LogP contribution in [0.5, 0.6) is 0 Å². The van der Waals surface area contributed by atoms with Gasteiger partial charge in [0.2, 0.25) is 5.91 Å². The van der Waals surface area contributed by atoms with Crippen LogP contribution >= 0.6 is 15.9 Å². The molecule has 0 bridgehead atoms. The molecule has 2 amide bonds. The lowest BCUT2D eigenvalue weighted by atomic mass is 9.97. The van der Waals surface area contributed by atoms with Gasteiger partial charge >= 0.3 is 0 Å². The summed E-state index contributed by atoms with van der Waals surface area (Å²) in [6.45, 7) is 3.78. The van der Waals surface area contributed by atoms with Crippen LogP contribution in [-0.4, -0.2) is 36.3 Å². The molecule has 1 aliphatic rings. The molecule has 0 aliphatic carbocycles. The topological polar surface area (TPSA) is 62.6 Å². The van der Waals surface area contributed by atoms with Crippen LogP contribution in [0.4, 0.5) is 0 Å². The fourth-order valence-corrected chi connectivity index (χ4v) is 2.52. The second kappa shape index (κ2) is 6.23. The number of amides is 2. The normalized spacial score (nSPS) is 16.4. The molecule has 19 heavy (non-hydrogen) atoms. The Morgan fingerprint density at radius 3 is 2.63 bits per heavy atom. The van der Waals surface area contributed by atoms with E-state index in [2.05, 4.69) is 21.2 Å². The zero-order chi connectivity index (χ0) is 13.8. The van der Waals surface area contributed by atoms with E-state index in [-0.39, 0.29) is 11.8 Å². The first-order valence-electron chi connectivity index (χ1n) is 6.35. The molecule has 0 atom stereocenters. The monoisotopic (exact) mass is 328 g/mol. The van der Waals surface area contributed by atoms with Crippen molar-refractivity contribution in [1.82, 2.24) is 10.2 Å². The van der Waals surface area contributed by atoms with Gasteiger partial charge in [-0.1, -0.05) is 0 Å². The van der Waals surface area contributed by atoms with Gasteiger partial charge in [0.05, 0.1) is 0 Å².